The van der Waals surface area contributed by atoms with Crippen molar-refractivity contribution in [2.75, 3.05) is 12.4 Å². The number of nitrogens with zero attached hydrogens (tertiary/aromatic N) is 8. The molecular weight excluding hydrogens is 541 g/mol. The van der Waals surface area contributed by atoms with Crippen molar-refractivity contribution in [3.63, 3.8) is 0 Å². The summed E-state index contributed by atoms with van der Waals surface area (Å²) in [5.74, 6) is 1.74. The van der Waals surface area contributed by atoms with Gasteiger partial charge < -0.3 is 15.4 Å². The van der Waals surface area contributed by atoms with Crippen LogP contribution in [0.2, 0.25) is 0 Å². The Kier molecular flexibility index (Phi) is 7.29. The van der Waals surface area contributed by atoms with Gasteiger partial charge in [-0.05, 0) is 51.2 Å². The second kappa shape index (κ2) is 11.2. The molecule has 1 aliphatic carbocycles. The summed E-state index contributed by atoms with van der Waals surface area (Å²) in [6.45, 7) is 3.81. The van der Waals surface area contributed by atoms with Gasteiger partial charge in [0.25, 0.3) is 5.91 Å². The number of rotatable bonds is 8. The number of ether oxygens (including phenoxy) is 1. The minimum atomic E-state index is -0.975. The third-order valence-electron chi connectivity index (χ3n) is 7.71. The summed E-state index contributed by atoms with van der Waals surface area (Å²) in [5, 5.41) is 18.1. The van der Waals surface area contributed by atoms with Gasteiger partial charge in [-0.3, -0.25) is 9.89 Å². The lowest BCUT2D eigenvalue weighted by Gasteiger charge is -2.38. The number of nitrogens with one attached hydrogen (secondary N) is 3. The lowest BCUT2D eigenvalue weighted by molar-refractivity contribution is -0.148. The van der Waals surface area contributed by atoms with Gasteiger partial charge in [0, 0.05) is 37.2 Å². The number of carbonyl (C=O) groups is 1. The quantitative estimate of drug-likeness (QED) is 0.250. The fraction of sp³-hybridized carbons (Fsp3) is 0.357. The Morgan fingerprint density at radius 1 is 1.19 bits per heavy atom. The highest BCUT2D eigenvalue weighted by atomic mass is 19.1. The van der Waals surface area contributed by atoms with Crippen LogP contribution in [-0.4, -0.2) is 63.5 Å². The van der Waals surface area contributed by atoms with Crippen LogP contribution in [0.1, 0.15) is 61.6 Å². The summed E-state index contributed by atoms with van der Waals surface area (Å²) in [7, 11) is 1.57. The molecule has 0 spiro atoms. The van der Waals surface area contributed by atoms with E-state index in [4.69, 9.17) is 14.7 Å². The van der Waals surface area contributed by atoms with E-state index in [1.165, 1.54) is 17.2 Å². The van der Waals surface area contributed by atoms with Crippen molar-refractivity contribution in [2.45, 2.75) is 57.1 Å². The highest BCUT2D eigenvalue weighted by Crippen LogP contribution is 2.40. The summed E-state index contributed by atoms with van der Waals surface area (Å²) < 4.78 is 20.5. The number of amides is 1. The first-order chi connectivity index (χ1) is 20.3. The van der Waals surface area contributed by atoms with Gasteiger partial charge in [0.15, 0.2) is 23.1 Å². The van der Waals surface area contributed by atoms with Crippen LogP contribution in [-0.2, 0) is 9.53 Å². The molecule has 0 radical (unpaired) electrons. The van der Waals surface area contributed by atoms with Gasteiger partial charge in [0.2, 0.25) is 0 Å². The van der Waals surface area contributed by atoms with Gasteiger partial charge in [0.1, 0.15) is 23.6 Å². The third-order valence-corrected chi connectivity index (χ3v) is 7.71. The Hall–Kier alpha value is -4.85. The molecule has 0 unspecified atom stereocenters. The van der Waals surface area contributed by atoms with Gasteiger partial charge in [-0.15, -0.1) is 0 Å². The first-order valence-corrected chi connectivity index (χ1v) is 13.6. The molecule has 5 aromatic rings. The van der Waals surface area contributed by atoms with E-state index in [2.05, 4.69) is 40.9 Å². The maximum atomic E-state index is 13.5. The van der Waals surface area contributed by atoms with Crippen molar-refractivity contribution in [3.8, 4) is 5.82 Å². The van der Waals surface area contributed by atoms with Crippen molar-refractivity contribution in [2.24, 2.45) is 0 Å². The molecule has 1 saturated carbocycles. The zero-order chi connectivity index (χ0) is 29.3. The monoisotopic (exact) mass is 571 g/mol. The fourth-order valence-corrected chi connectivity index (χ4v) is 5.26. The topological polar surface area (TPSA) is 161 Å². The standard InChI is InChI=1S/C28H30FN11O2/c1-16-10-22(39-38-16)35-26-21-13-30-15-32-25(21)36-24(37-26)18-6-8-28(42-3,9-7-18)27(41)34-17(2)19-4-5-23(31-11-19)40-14-20(29)12-33-40/h4-5,10-15,17-18H,6-9H2,1-3H3,(H,34,41)(H2,30,32,35,36,37,38,39)/t17-,18-,28+/m0/s1. The zero-order valence-electron chi connectivity index (χ0n) is 23.4. The molecule has 42 heavy (non-hydrogen) atoms. The van der Waals surface area contributed by atoms with Crippen LogP contribution in [0, 0.1) is 12.7 Å². The molecule has 13 nitrogen and oxygen atoms in total. The van der Waals surface area contributed by atoms with E-state index >= 15 is 0 Å². The van der Waals surface area contributed by atoms with E-state index in [1.54, 1.807) is 25.6 Å². The average Bonchev–Trinajstić information content (AvgIpc) is 3.64. The van der Waals surface area contributed by atoms with Crippen LogP contribution in [0.15, 0.2) is 49.3 Å². The Balaban J connectivity index is 1.14. The SMILES string of the molecule is CO[C@]1(C(=O)N[C@@H](C)c2ccc(-n3cc(F)cn3)nc2)CC[C@H](c2nc(Nc3cc(C)[nH]n3)c3cncnc3n2)CC1. The van der Waals surface area contributed by atoms with Gasteiger partial charge in [-0.1, -0.05) is 6.07 Å². The summed E-state index contributed by atoms with van der Waals surface area (Å²) in [5.41, 5.74) is 1.29. The van der Waals surface area contributed by atoms with Crippen LogP contribution in [0.5, 0.6) is 0 Å². The number of hydrogen-bond donors (Lipinski definition) is 3. The number of aryl methyl sites for hydroxylation is 1. The molecule has 3 N–H and O–H groups in total. The van der Waals surface area contributed by atoms with Gasteiger partial charge >= 0.3 is 0 Å². The van der Waals surface area contributed by atoms with Crippen LogP contribution < -0.4 is 10.6 Å². The van der Waals surface area contributed by atoms with Crippen LogP contribution in [0.25, 0.3) is 16.9 Å². The molecular formula is C28H30FN11O2. The molecule has 1 aliphatic rings. The number of halogens is 1. The van der Waals surface area contributed by atoms with Crippen molar-refractivity contribution < 1.29 is 13.9 Å². The number of anilines is 2. The Morgan fingerprint density at radius 2 is 2.02 bits per heavy atom. The van der Waals surface area contributed by atoms with E-state index in [0.717, 1.165) is 17.5 Å². The van der Waals surface area contributed by atoms with Gasteiger partial charge in [0.05, 0.1) is 23.8 Å². The smallest absolute Gasteiger partial charge is 0.252 e. The number of aromatic nitrogens is 9. The first kappa shape index (κ1) is 27.3. The lowest BCUT2D eigenvalue weighted by Crippen LogP contribution is -2.50. The van der Waals surface area contributed by atoms with E-state index in [1.807, 2.05) is 26.0 Å². The molecule has 14 heteroatoms. The minimum Gasteiger partial charge on any atom is -0.368 e. The second-order valence-corrected chi connectivity index (χ2v) is 10.5. The number of H-pyrrole nitrogens is 1. The van der Waals surface area contributed by atoms with Crippen molar-refractivity contribution in [1.29, 1.82) is 0 Å². The Morgan fingerprint density at radius 3 is 2.69 bits per heavy atom. The molecule has 0 saturated heterocycles. The number of fused-ring (bicyclic) bond motifs is 1. The van der Waals surface area contributed by atoms with Crippen LogP contribution in [0.4, 0.5) is 16.0 Å². The number of carbonyl (C=O) groups excluding carboxylic acids is 1. The molecule has 0 aromatic carbocycles. The molecule has 216 valence electrons. The minimum absolute atomic E-state index is 0.0169. The molecule has 0 aliphatic heterocycles. The van der Waals surface area contributed by atoms with Crippen molar-refractivity contribution in [3.05, 3.63) is 72.2 Å². The fourth-order valence-electron chi connectivity index (χ4n) is 5.26. The summed E-state index contributed by atoms with van der Waals surface area (Å²) >= 11 is 0. The predicted octanol–water partition coefficient (Wildman–Crippen LogP) is 3.83. The van der Waals surface area contributed by atoms with E-state index < -0.39 is 11.4 Å². The Bertz CT molecular complexity index is 1710. The number of aromatic amines is 1. The van der Waals surface area contributed by atoms with Crippen molar-refractivity contribution in [1.82, 2.24) is 50.2 Å². The van der Waals surface area contributed by atoms with E-state index in [-0.39, 0.29) is 17.9 Å². The predicted molar refractivity (Wildman–Crippen MR) is 151 cm³/mol. The molecule has 6 rings (SSSR count). The maximum absolute atomic E-state index is 13.5. The highest BCUT2D eigenvalue weighted by molar-refractivity contribution is 5.87. The number of methoxy groups -OCH3 is 1. The van der Waals surface area contributed by atoms with Crippen molar-refractivity contribution >= 4 is 28.6 Å². The molecule has 5 aromatic heterocycles. The molecule has 1 fully saturated rings. The maximum Gasteiger partial charge on any atom is 0.252 e. The van der Waals surface area contributed by atoms with Gasteiger partial charge in [-0.2, -0.15) is 10.2 Å². The highest BCUT2D eigenvalue weighted by Gasteiger charge is 2.43. The molecule has 5 heterocycles. The van der Waals surface area contributed by atoms with E-state index in [9.17, 15) is 9.18 Å². The summed E-state index contributed by atoms with van der Waals surface area (Å²) in [4.78, 5) is 35.9. The summed E-state index contributed by atoms with van der Waals surface area (Å²) in [6.07, 6.45) is 9.47. The zero-order valence-corrected chi connectivity index (χ0v) is 23.4. The van der Waals surface area contributed by atoms with E-state index in [0.29, 0.717) is 60.0 Å². The Labute approximate surface area is 240 Å². The number of hydrogen-bond acceptors (Lipinski definition) is 10. The number of pyridine rings is 1. The second-order valence-electron chi connectivity index (χ2n) is 10.5. The van der Waals surface area contributed by atoms with Gasteiger partial charge in [-0.25, -0.2) is 34.0 Å². The summed E-state index contributed by atoms with van der Waals surface area (Å²) in [6, 6.07) is 5.13. The largest absolute Gasteiger partial charge is 0.368 e. The molecule has 1 atom stereocenters. The van der Waals surface area contributed by atoms with Crippen LogP contribution >= 0.6 is 0 Å². The average molecular weight is 572 g/mol. The molecule has 1 amide bonds. The normalized spacial score (nSPS) is 19.5. The van der Waals surface area contributed by atoms with Crippen LogP contribution in [0.3, 0.4) is 0 Å². The first-order valence-electron chi connectivity index (χ1n) is 13.6. The molecule has 0 bridgehead atoms. The third kappa shape index (κ3) is 5.40. The lowest BCUT2D eigenvalue weighted by atomic mass is 9.77.